The van der Waals surface area contributed by atoms with E-state index in [2.05, 4.69) is 9.97 Å². The predicted molar refractivity (Wildman–Crippen MR) is 97.1 cm³/mol. The van der Waals surface area contributed by atoms with Crippen LogP contribution in [0.25, 0.3) is 22.3 Å². The van der Waals surface area contributed by atoms with Crippen LogP contribution in [0.2, 0.25) is 5.02 Å². The van der Waals surface area contributed by atoms with Gasteiger partial charge in [-0.1, -0.05) is 23.7 Å². The summed E-state index contributed by atoms with van der Waals surface area (Å²) in [5, 5.41) is 9.43. The molecule has 0 unspecified atom stereocenters. The van der Waals surface area contributed by atoms with Gasteiger partial charge in [0.15, 0.2) is 18.1 Å². The molecule has 0 saturated heterocycles. The van der Waals surface area contributed by atoms with Crippen molar-refractivity contribution in [3.63, 3.8) is 0 Å². The number of carboxylic acids is 1. The highest BCUT2D eigenvalue weighted by Crippen LogP contribution is 2.39. The molecule has 7 nitrogen and oxygen atoms in total. The smallest absolute Gasteiger partial charge is 0.341 e. The van der Waals surface area contributed by atoms with Gasteiger partial charge in [-0.25, -0.2) is 9.78 Å². The summed E-state index contributed by atoms with van der Waals surface area (Å²) in [7, 11) is 0. The lowest BCUT2D eigenvalue weighted by molar-refractivity contribution is -0.139. The number of hydrogen-bond donors (Lipinski definition) is 2. The number of fused-ring (bicyclic) bond motifs is 1. The Labute approximate surface area is 153 Å². The van der Waals surface area contributed by atoms with Crippen LogP contribution in [0.1, 0.15) is 6.92 Å². The molecule has 0 atom stereocenters. The number of aromatic amines is 1. The molecule has 8 heteroatoms. The molecular formula is C18H15ClN2O5. The molecule has 0 fully saturated rings. The average molecular weight is 375 g/mol. The minimum Gasteiger partial charge on any atom is -0.490 e. The number of benzene rings is 2. The van der Waals surface area contributed by atoms with E-state index in [0.29, 0.717) is 28.9 Å². The van der Waals surface area contributed by atoms with Gasteiger partial charge in [-0.2, -0.15) is 0 Å². The van der Waals surface area contributed by atoms with Crippen molar-refractivity contribution in [3.8, 4) is 22.9 Å². The molecule has 0 amide bonds. The third-order valence-electron chi connectivity index (χ3n) is 3.54. The van der Waals surface area contributed by atoms with Crippen LogP contribution in [-0.4, -0.2) is 34.3 Å². The zero-order valence-corrected chi connectivity index (χ0v) is 14.5. The minimum atomic E-state index is -1.13. The zero-order valence-electron chi connectivity index (χ0n) is 13.8. The van der Waals surface area contributed by atoms with Crippen LogP contribution < -0.4 is 15.0 Å². The molecule has 2 aromatic carbocycles. The number of carboxylic acid groups (broad SMARTS) is 1. The summed E-state index contributed by atoms with van der Waals surface area (Å²) >= 11 is 6.24. The Morgan fingerprint density at radius 2 is 2.04 bits per heavy atom. The summed E-state index contributed by atoms with van der Waals surface area (Å²) in [6, 6.07) is 10.1. The number of aromatic nitrogens is 2. The number of ether oxygens (including phenoxy) is 2. The van der Waals surface area contributed by atoms with Gasteiger partial charge < -0.3 is 19.6 Å². The maximum Gasteiger partial charge on any atom is 0.341 e. The summed E-state index contributed by atoms with van der Waals surface area (Å²) in [5.74, 6) is -0.413. The molecule has 1 heterocycles. The molecular weight excluding hydrogens is 360 g/mol. The van der Waals surface area contributed by atoms with E-state index in [4.69, 9.17) is 26.2 Å². The first-order valence-electron chi connectivity index (χ1n) is 7.80. The number of nitrogens with one attached hydrogen (secondary N) is 1. The summed E-state index contributed by atoms with van der Waals surface area (Å²) in [6.07, 6.45) is 0. The fourth-order valence-electron chi connectivity index (χ4n) is 2.46. The molecule has 1 aromatic heterocycles. The molecule has 3 rings (SSSR count). The molecule has 3 aromatic rings. The molecule has 0 radical (unpaired) electrons. The Morgan fingerprint density at radius 3 is 2.77 bits per heavy atom. The van der Waals surface area contributed by atoms with Crippen LogP contribution in [0.5, 0.6) is 11.5 Å². The van der Waals surface area contributed by atoms with Gasteiger partial charge in [0.2, 0.25) is 0 Å². The second-order valence-corrected chi connectivity index (χ2v) is 5.74. The van der Waals surface area contributed by atoms with Gasteiger partial charge in [0.1, 0.15) is 5.82 Å². The lowest BCUT2D eigenvalue weighted by Gasteiger charge is -2.14. The van der Waals surface area contributed by atoms with Crippen LogP contribution in [0, 0.1) is 0 Å². The number of H-pyrrole nitrogens is 1. The third kappa shape index (κ3) is 3.62. The molecule has 0 bridgehead atoms. The largest absolute Gasteiger partial charge is 0.490 e. The Morgan fingerprint density at radius 1 is 1.27 bits per heavy atom. The number of halogens is 1. The first kappa shape index (κ1) is 17.8. The van der Waals surface area contributed by atoms with E-state index in [1.54, 1.807) is 37.3 Å². The van der Waals surface area contributed by atoms with Gasteiger partial charge in [0, 0.05) is 5.56 Å². The van der Waals surface area contributed by atoms with E-state index in [0.717, 1.165) is 0 Å². The lowest BCUT2D eigenvalue weighted by Crippen LogP contribution is -2.11. The van der Waals surface area contributed by atoms with Crippen LogP contribution in [0.3, 0.4) is 0 Å². The Balaban J connectivity index is 2.11. The summed E-state index contributed by atoms with van der Waals surface area (Å²) in [5.41, 5.74) is 0.793. The second kappa shape index (κ2) is 7.45. The number of aliphatic carboxylic acids is 1. The van der Waals surface area contributed by atoms with Crippen molar-refractivity contribution < 1.29 is 19.4 Å². The first-order valence-corrected chi connectivity index (χ1v) is 8.17. The Bertz CT molecular complexity index is 1030. The van der Waals surface area contributed by atoms with Crippen molar-refractivity contribution in [1.82, 2.24) is 9.97 Å². The fourth-order valence-corrected chi connectivity index (χ4v) is 2.73. The van der Waals surface area contributed by atoms with Gasteiger partial charge in [-0.05, 0) is 31.2 Å². The lowest BCUT2D eigenvalue weighted by atomic mass is 10.1. The topological polar surface area (TPSA) is 102 Å². The van der Waals surface area contributed by atoms with Gasteiger partial charge in [-0.3, -0.25) is 4.79 Å². The van der Waals surface area contributed by atoms with E-state index >= 15 is 0 Å². The number of nitrogens with zero attached hydrogens (tertiary/aromatic N) is 1. The SMILES string of the molecule is CCOc1cc(-c2nc3ccccc3c(=O)[nH]2)cc(Cl)c1OCC(=O)O. The van der Waals surface area contributed by atoms with Crippen molar-refractivity contribution in [3.05, 3.63) is 51.8 Å². The highest BCUT2D eigenvalue weighted by molar-refractivity contribution is 6.32. The van der Waals surface area contributed by atoms with Crippen LogP contribution in [0.4, 0.5) is 0 Å². The molecule has 0 spiro atoms. The van der Waals surface area contributed by atoms with Crippen LogP contribution in [0.15, 0.2) is 41.2 Å². The molecule has 26 heavy (non-hydrogen) atoms. The minimum absolute atomic E-state index is 0.128. The molecule has 0 aliphatic heterocycles. The van der Waals surface area contributed by atoms with E-state index in [1.807, 2.05) is 0 Å². The third-order valence-corrected chi connectivity index (χ3v) is 3.82. The van der Waals surface area contributed by atoms with Crippen molar-refractivity contribution >= 4 is 28.5 Å². The summed E-state index contributed by atoms with van der Waals surface area (Å²) in [4.78, 5) is 30.2. The van der Waals surface area contributed by atoms with Crippen LogP contribution >= 0.6 is 11.6 Å². The fraction of sp³-hybridized carbons (Fsp3) is 0.167. The van der Waals surface area contributed by atoms with Crippen molar-refractivity contribution in [2.45, 2.75) is 6.92 Å². The van der Waals surface area contributed by atoms with Crippen molar-refractivity contribution in [2.75, 3.05) is 13.2 Å². The average Bonchev–Trinajstić information content (AvgIpc) is 2.61. The van der Waals surface area contributed by atoms with Crippen molar-refractivity contribution in [2.24, 2.45) is 0 Å². The van der Waals surface area contributed by atoms with Gasteiger partial charge in [-0.15, -0.1) is 0 Å². The van der Waals surface area contributed by atoms with E-state index in [9.17, 15) is 9.59 Å². The first-order chi connectivity index (χ1) is 12.5. The summed E-state index contributed by atoms with van der Waals surface area (Å²) < 4.78 is 10.7. The maximum atomic E-state index is 12.3. The van der Waals surface area contributed by atoms with Crippen molar-refractivity contribution in [1.29, 1.82) is 0 Å². The molecule has 0 aliphatic carbocycles. The molecule has 2 N–H and O–H groups in total. The number of para-hydroxylation sites is 1. The number of hydrogen-bond acceptors (Lipinski definition) is 5. The van der Waals surface area contributed by atoms with Gasteiger partial charge in [0.25, 0.3) is 5.56 Å². The highest BCUT2D eigenvalue weighted by Gasteiger charge is 2.16. The zero-order chi connectivity index (χ0) is 18.7. The number of rotatable bonds is 6. The highest BCUT2D eigenvalue weighted by atomic mass is 35.5. The van der Waals surface area contributed by atoms with Gasteiger partial charge in [0.05, 0.1) is 22.5 Å². The van der Waals surface area contributed by atoms with Crippen LogP contribution in [-0.2, 0) is 4.79 Å². The monoisotopic (exact) mass is 374 g/mol. The Kier molecular flexibility index (Phi) is 5.09. The van der Waals surface area contributed by atoms with Gasteiger partial charge >= 0.3 is 5.97 Å². The molecule has 0 saturated carbocycles. The normalized spacial score (nSPS) is 10.7. The molecule has 0 aliphatic rings. The number of carbonyl (C=O) groups is 1. The standard InChI is InChI=1S/C18H15ClN2O5/c1-2-25-14-8-10(7-12(19)16(14)26-9-15(22)23)17-20-13-6-4-3-5-11(13)18(24)21-17/h3-8H,2,9H2,1H3,(H,22,23)(H,20,21,24). The van der Waals surface area contributed by atoms with E-state index in [1.165, 1.54) is 6.07 Å². The van der Waals surface area contributed by atoms with E-state index in [-0.39, 0.29) is 22.1 Å². The predicted octanol–water partition coefficient (Wildman–Crippen LogP) is 3.11. The molecule has 134 valence electrons. The second-order valence-electron chi connectivity index (χ2n) is 5.33. The van der Waals surface area contributed by atoms with E-state index < -0.39 is 12.6 Å². The Hall–Kier alpha value is -3.06. The summed E-state index contributed by atoms with van der Waals surface area (Å²) in [6.45, 7) is 1.55. The maximum absolute atomic E-state index is 12.3. The quantitative estimate of drug-likeness (QED) is 0.687.